The van der Waals surface area contributed by atoms with Crippen LogP contribution < -0.4 is 0 Å². The molecule has 0 aromatic rings. The predicted molar refractivity (Wildman–Crippen MR) is 47.7 cm³/mol. The van der Waals surface area contributed by atoms with Crippen LogP contribution in [0.3, 0.4) is 0 Å². The quantitative estimate of drug-likeness (QED) is 0.344. The van der Waals surface area contributed by atoms with Gasteiger partial charge in [-0.3, -0.25) is 0 Å². The monoisotopic (exact) mass is 434 g/mol. The fourth-order valence-electron chi connectivity index (χ4n) is 0. The molecule has 0 bridgehead atoms. The molecule has 0 unspecified atom stereocenters. The molecule has 0 spiro atoms. The predicted octanol–water partition coefficient (Wildman–Crippen LogP) is -4.78. The summed E-state index contributed by atoms with van der Waals surface area (Å²) < 4.78 is 0. The molecular formula is H8Al2Ba2Mg2O3. The number of hydrogen-bond acceptors (Lipinski definition) is 0. The first-order valence-corrected chi connectivity index (χ1v) is 0. The molecule has 0 fully saturated rings. The zero-order chi connectivity index (χ0) is 0. The molecule has 0 aliphatic carbocycles. The molecule has 0 radical (unpaired) electrons. The molecule has 9 heavy (non-hydrogen) atoms. The molecule has 0 aliphatic heterocycles. The molecule has 3 nitrogen and oxygen atoms in total. The van der Waals surface area contributed by atoms with Crippen LogP contribution in [0, 0.1) is 0 Å². The van der Waals surface area contributed by atoms with Crippen LogP contribution in [0.25, 0.3) is 0 Å². The van der Waals surface area contributed by atoms with Gasteiger partial charge in [-0.2, -0.15) is 0 Å². The second kappa shape index (κ2) is 68.7. The van der Waals surface area contributed by atoms with E-state index in [-0.39, 0.29) is 195 Å². The second-order valence-electron chi connectivity index (χ2n) is 0. The van der Waals surface area contributed by atoms with E-state index in [1.807, 2.05) is 0 Å². The van der Waals surface area contributed by atoms with E-state index in [9.17, 15) is 0 Å². The Bertz CT molecular complexity index is 17.8. The van der Waals surface area contributed by atoms with Gasteiger partial charge < -0.3 is 16.4 Å². The molecule has 0 saturated carbocycles. The first-order valence-electron chi connectivity index (χ1n) is 0. The molecule has 0 amide bonds. The van der Waals surface area contributed by atoms with Gasteiger partial charge in [-0.15, -0.1) is 0 Å². The third-order valence-electron chi connectivity index (χ3n) is 0. The standard InChI is InChI=1S/2Al.2Ba.2Mg.3O.8H/q2*+3;;;;;3*-2;;;;;;;;. The normalized spacial score (nSPS) is 0. The van der Waals surface area contributed by atoms with Gasteiger partial charge in [0.15, 0.2) is 0 Å². The van der Waals surface area contributed by atoms with Gasteiger partial charge >= 0.3 is 179 Å². The smallest absolute Gasteiger partial charge is 0.316 e. The van der Waals surface area contributed by atoms with Crippen molar-refractivity contribution in [3.8, 4) is 0 Å². The summed E-state index contributed by atoms with van der Waals surface area (Å²) in [6, 6.07) is 0. The third kappa shape index (κ3) is 58.2. The minimum atomic E-state index is 0. The summed E-state index contributed by atoms with van der Waals surface area (Å²) in [6.07, 6.45) is 0. The molecular weight excluding hydrogens is 425 g/mol. The van der Waals surface area contributed by atoms with Crippen molar-refractivity contribution in [1.82, 2.24) is 0 Å². The minimum Gasteiger partial charge on any atom is -2.00 e. The summed E-state index contributed by atoms with van der Waals surface area (Å²) in [5.74, 6) is 0. The molecule has 0 rings (SSSR count). The van der Waals surface area contributed by atoms with E-state index in [1.165, 1.54) is 0 Å². The molecule has 0 aliphatic rings. The largest absolute Gasteiger partial charge is 2.00 e. The average Bonchev–Trinajstić information content (AvgIpc) is 0. The molecule has 0 saturated heterocycles. The van der Waals surface area contributed by atoms with Crippen LogP contribution in [-0.4, -0.2) is 179 Å². The summed E-state index contributed by atoms with van der Waals surface area (Å²) >= 11 is 0. The van der Waals surface area contributed by atoms with Crippen molar-refractivity contribution in [2.75, 3.05) is 0 Å². The van der Waals surface area contributed by atoms with E-state index >= 15 is 0 Å². The summed E-state index contributed by atoms with van der Waals surface area (Å²) in [7, 11) is 0. The fourth-order valence-corrected chi connectivity index (χ4v) is 0. The van der Waals surface area contributed by atoms with Crippen molar-refractivity contribution in [2.24, 2.45) is 0 Å². The molecule has 0 atom stereocenters. The van der Waals surface area contributed by atoms with E-state index in [0.717, 1.165) is 0 Å². The third-order valence-corrected chi connectivity index (χ3v) is 0. The van der Waals surface area contributed by atoms with Crippen LogP contribution in [0.1, 0.15) is 0 Å². The Morgan fingerprint density at radius 1 is 0.444 bits per heavy atom. The van der Waals surface area contributed by atoms with Crippen LogP contribution in [0.4, 0.5) is 0 Å². The molecule has 0 aromatic carbocycles. The molecule has 40 valence electrons. The van der Waals surface area contributed by atoms with Gasteiger partial charge in [0.05, 0.1) is 0 Å². The van der Waals surface area contributed by atoms with Crippen LogP contribution in [0.5, 0.6) is 0 Å². The topological polar surface area (TPSA) is 85.5 Å². The first kappa shape index (κ1) is 85.9. The SMILES string of the molecule is [Al+3].[Al+3].[BaH2].[BaH2].[MgH2].[MgH2].[O-2].[O-2].[O-2]. The van der Waals surface area contributed by atoms with E-state index < -0.39 is 0 Å². The van der Waals surface area contributed by atoms with E-state index in [2.05, 4.69) is 0 Å². The Hall–Kier alpha value is 5.62. The molecule has 0 aromatic heterocycles. The van der Waals surface area contributed by atoms with Crippen LogP contribution in [0.15, 0.2) is 0 Å². The van der Waals surface area contributed by atoms with E-state index in [4.69, 9.17) is 0 Å². The Balaban J connectivity index is 0. The zero-order valence-electron chi connectivity index (χ0n) is 2.38. The van der Waals surface area contributed by atoms with Crippen molar-refractivity contribution in [1.29, 1.82) is 0 Å². The summed E-state index contributed by atoms with van der Waals surface area (Å²) in [6.45, 7) is 0. The number of hydrogen-bond donors (Lipinski definition) is 0. The van der Waals surface area contributed by atoms with E-state index in [1.54, 1.807) is 0 Å². The van der Waals surface area contributed by atoms with Gasteiger partial charge in [0, 0.05) is 0 Å². The Morgan fingerprint density at radius 3 is 0.444 bits per heavy atom. The van der Waals surface area contributed by atoms with Gasteiger partial charge in [-0.1, -0.05) is 0 Å². The minimum absolute atomic E-state index is 0. The maximum Gasteiger partial charge on any atom is 0.316 e. The molecule has 0 heterocycles. The zero-order valence-corrected chi connectivity index (χ0v) is 4.69. The van der Waals surface area contributed by atoms with Crippen molar-refractivity contribution in [3.05, 3.63) is 0 Å². The summed E-state index contributed by atoms with van der Waals surface area (Å²) in [4.78, 5) is 0. The van der Waals surface area contributed by atoms with Gasteiger partial charge in [0.2, 0.25) is 0 Å². The first-order chi connectivity index (χ1) is 0. The van der Waals surface area contributed by atoms with Crippen molar-refractivity contribution >= 4 is 179 Å². The van der Waals surface area contributed by atoms with Crippen LogP contribution in [0.2, 0.25) is 0 Å². The Labute approximate surface area is 189 Å². The number of rotatable bonds is 0. The van der Waals surface area contributed by atoms with E-state index in [0.29, 0.717) is 0 Å². The summed E-state index contributed by atoms with van der Waals surface area (Å²) in [5.41, 5.74) is 0. The van der Waals surface area contributed by atoms with Gasteiger partial charge in [-0.05, 0) is 0 Å². The van der Waals surface area contributed by atoms with Crippen molar-refractivity contribution < 1.29 is 16.4 Å². The van der Waals surface area contributed by atoms with Gasteiger partial charge in [0.1, 0.15) is 0 Å². The Morgan fingerprint density at radius 2 is 0.444 bits per heavy atom. The molecule has 0 N–H and O–H groups in total. The summed E-state index contributed by atoms with van der Waals surface area (Å²) in [5, 5.41) is 0. The fraction of sp³-hybridized carbons (Fsp3) is 0. The van der Waals surface area contributed by atoms with Crippen molar-refractivity contribution in [3.63, 3.8) is 0 Å². The van der Waals surface area contributed by atoms with Crippen LogP contribution >= 0.6 is 0 Å². The maximum atomic E-state index is 0. The maximum absolute atomic E-state index is 0. The Kier molecular flexibility index (Phi) is 655. The molecule has 9 heteroatoms. The second-order valence-corrected chi connectivity index (χ2v) is 0. The average molecular weight is 433 g/mol. The van der Waals surface area contributed by atoms with Gasteiger partial charge in [-0.25, -0.2) is 0 Å². The van der Waals surface area contributed by atoms with Crippen molar-refractivity contribution in [2.45, 2.75) is 0 Å². The van der Waals surface area contributed by atoms with Crippen LogP contribution in [-0.2, 0) is 16.4 Å². The van der Waals surface area contributed by atoms with Gasteiger partial charge in [0.25, 0.3) is 0 Å².